The first kappa shape index (κ1) is 10.2. The lowest BCUT2D eigenvalue weighted by Gasteiger charge is -1.95. The number of aliphatic hydroxyl groups is 1. The van der Waals surface area contributed by atoms with Crippen LogP contribution in [-0.2, 0) is 12.5 Å². The molecule has 0 saturated carbocycles. The summed E-state index contributed by atoms with van der Waals surface area (Å²) in [6.45, 7) is 0.0572. The van der Waals surface area contributed by atoms with Gasteiger partial charge >= 0.3 is 0 Å². The predicted molar refractivity (Wildman–Crippen MR) is 62.3 cm³/mol. The zero-order valence-electron chi connectivity index (χ0n) is 7.26. The predicted octanol–water partition coefficient (Wildman–Crippen LogP) is 3.79. The van der Waals surface area contributed by atoms with Crippen molar-refractivity contribution in [3.63, 3.8) is 0 Å². The minimum atomic E-state index is 0.0572. The summed E-state index contributed by atoms with van der Waals surface area (Å²) in [5.41, 5.74) is 0.900. The third-order valence-corrected chi connectivity index (χ3v) is 4.19. The van der Waals surface area contributed by atoms with Gasteiger partial charge in [-0.15, -0.1) is 22.9 Å². The molecule has 4 heteroatoms. The van der Waals surface area contributed by atoms with Crippen LogP contribution < -0.4 is 0 Å². The molecule has 0 unspecified atom stereocenters. The number of fused-ring (bicyclic) bond motifs is 1. The summed E-state index contributed by atoms with van der Waals surface area (Å²) in [7, 11) is 0. The zero-order chi connectivity index (χ0) is 10.1. The molecule has 2 rings (SSSR count). The summed E-state index contributed by atoms with van der Waals surface area (Å²) in [6.07, 6.45) is 0. The first-order valence-corrected chi connectivity index (χ1v) is 5.85. The largest absolute Gasteiger partial charge is 0.392 e. The Hall–Kier alpha value is -0.280. The Morgan fingerprint density at radius 1 is 1.36 bits per heavy atom. The van der Waals surface area contributed by atoms with Gasteiger partial charge in [-0.3, -0.25) is 0 Å². The van der Waals surface area contributed by atoms with Gasteiger partial charge in [0.2, 0.25) is 0 Å². The van der Waals surface area contributed by atoms with Crippen LogP contribution in [0.15, 0.2) is 18.2 Å². The Morgan fingerprint density at radius 2 is 2.14 bits per heavy atom. The van der Waals surface area contributed by atoms with E-state index in [0.717, 1.165) is 25.5 Å². The van der Waals surface area contributed by atoms with Crippen LogP contribution in [0.2, 0.25) is 5.02 Å². The number of thiophene rings is 1. The van der Waals surface area contributed by atoms with Crippen molar-refractivity contribution in [2.75, 3.05) is 0 Å². The summed E-state index contributed by atoms with van der Waals surface area (Å²) >= 11 is 13.4. The third-order valence-electron chi connectivity index (χ3n) is 2.06. The van der Waals surface area contributed by atoms with Crippen molar-refractivity contribution >= 4 is 44.6 Å². The van der Waals surface area contributed by atoms with E-state index in [1.165, 1.54) is 0 Å². The van der Waals surface area contributed by atoms with Crippen molar-refractivity contribution in [2.24, 2.45) is 0 Å². The smallest absolute Gasteiger partial charge is 0.0682 e. The highest BCUT2D eigenvalue weighted by Crippen LogP contribution is 2.36. The molecule has 0 radical (unpaired) electrons. The quantitative estimate of drug-likeness (QED) is 0.800. The molecular weight excluding hydrogens is 239 g/mol. The van der Waals surface area contributed by atoms with Crippen molar-refractivity contribution in [1.29, 1.82) is 0 Å². The van der Waals surface area contributed by atoms with Gasteiger partial charge in [-0.2, -0.15) is 0 Å². The molecule has 0 spiro atoms. The van der Waals surface area contributed by atoms with Crippen LogP contribution in [0.3, 0.4) is 0 Å². The lowest BCUT2D eigenvalue weighted by Crippen LogP contribution is -1.79. The molecule has 1 aromatic carbocycles. The van der Waals surface area contributed by atoms with Crippen molar-refractivity contribution in [2.45, 2.75) is 12.5 Å². The molecule has 1 aromatic heterocycles. The van der Waals surface area contributed by atoms with E-state index in [2.05, 4.69) is 0 Å². The van der Waals surface area contributed by atoms with Crippen LogP contribution in [-0.4, -0.2) is 5.11 Å². The number of alkyl halides is 1. The van der Waals surface area contributed by atoms with Gasteiger partial charge in [0.1, 0.15) is 0 Å². The first-order valence-electron chi connectivity index (χ1n) is 4.13. The van der Waals surface area contributed by atoms with Crippen LogP contribution in [0.1, 0.15) is 10.4 Å². The number of rotatable bonds is 2. The second-order valence-electron chi connectivity index (χ2n) is 2.96. The van der Waals surface area contributed by atoms with Crippen molar-refractivity contribution in [3.8, 4) is 0 Å². The maximum absolute atomic E-state index is 8.98. The molecule has 0 saturated heterocycles. The molecule has 14 heavy (non-hydrogen) atoms. The molecular formula is C10H8Cl2OS. The topological polar surface area (TPSA) is 20.2 Å². The van der Waals surface area contributed by atoms with Gasteiger partial charge < -0.3 is 5.11 Å². The summed E-state index contributed by atoms with van der Waals surface area (Å²) in [5.74, 6) is 0.437. The van der Waals surface area contributed by atoms with Gasteiger partial charge in [-0.25, -0.2) is 0 Å². The Balaban J connectivity index is 2.66. The number of benzene rings is 1. The van der Waals surface area contributed by atoms with Gasteiger partial charge in [-0.1, -0.05) is 23.7 Å². The minimum Gasteiger partial charge on any atom is -0.392 e. The standard InChI is InChI=1S/C10H8Cl2OS/c11-4-9-10(12)7-2-1-6(5-13)3-8(7)14-9/h1-3,13H,4-5H2. The molecule has 0 amide bonds. The molecule has 2 aromatic rings. The van der Waals surface area contributed by atoms with Crippen LogP contribution in [0.25, 0.3) is 10.1 Å². The number of halogens is 2. The van der Waals surface area contributed by atoms with E-state index in [4.69, 9.17) is 28.3 Å². The SMILES string of the molecule is OCc1ccc2c(Cl)c(CCl)sc2c1. The van der Waals surface area contributed by atoms with Crippen molar-refractivity contribution in [1.82, 2.24) is 0 Å². The lowest BCUT2D eigenvalue weighted by atomic mass is 10.2. The second-order valence-corrected chi connectivity index (χ2v) is 4.74. The second kappa shape index (κ2) is 4.07. The average molecular weight is 247 g/mol. The van der Waals surface area contributed by atoms with Crippen LogP contribution in [0, 0.1) is 0 Å². The Labute approximate surface area is 95.9 Å². The molecule has 1 heterocycles. The molecule has 1 nitrogen and oxygen atoms in total. The van der Waals surface area contributed by atoms with Gasteiger partial charge in [0.15, 0.2) is 0 Å². The van der Waals surface area contributed by atoms with Gasteiger partial charge in [0, 0.05) is 15.0 Å². The highest BCUT2D eigenvalue weighted by molar-refractivity contribution is 7.20. The van der Waals surface area contributed by atoms with E-state index >= 15 is 0 Å². The first-order chi connectivity index (χ1) is 6.76. The van der Waals surface area contributed by atoms with Crippen molar-refractivity contribution < 1.29 is 5.11 Å². The summed E-state index contributed by atoms with van der Waals surface area (Å²) in [5, 5.41) is 10.7. The average Bonchev–Trinajstić information content (AvgIpc) is 2.55. The van der Waals surface area contributed by atoms with E-state index in [0.29, 0.717) is 5.88 Å². The van der Waals surface area contributed by atoms with E-state index < -0.39 is 0 Å². The fourth-order valence-electron chi connectivity index (χ4n) is 1.34. The van der Waals surface area contributed by atoms with E-state index in [-0.39, 0.29) is 6.61 Å². The maximum Gasteiger partial charge on any atom is 0.0682 e. The summed E-state index contributed by atoms with van der Waals surface area (Å²) in [6, 6.07) is 5.75. The number of hydrogen-bond acceptors (Lipinski definition) is 2. The Bertz CT molecular complexity index is 464. The van der Waals surface area contributed by atoms with Crippen LogP contribution in [0.5, 0.6) is 0 Å². The molecule has 0 aliphatic rings. The highest BCUT2D eigenvalue weighted by atomic mass is 35.5. The Kier molecular flexibility index (Phi) is 2.98. The molecule has 0 atom stereocenters. The molecule has 0 fully saturated rings. The lowest BCUT2D eigenvalue weighted by molar-refractivity contribution is 0.282. The van der Waals surface area contributed by atoms with Crippen molar-refractivity contribution in [3.05, 3.63) is 33.7 Å². The van der Waals surface area contributed by atoms with Gasteiger partial charge in [0.05, 0.1) is 17.5 Å². The Morgan fingerprint density at radius 3 is 2.79 bits per heavy atom. The summed E-state index contributed by atoms with van der Waals surface area (Å²) in [4.78, 5) is 0.985. The fourth-order valence-corrected chi connectivity index (χ4v) is 3.12. The third kappa shape index (κ3) is 1.63. The number of aliphatic hydroxyl groups excluding tert-OH is 1. The summed E-state index contributed by atoms with van der Waals surface area (Å²) < 4.78 is 1.08. The molecule has 0 bridgehead atoms. The van der Waals surface area contributed by atoms with Crippen LogP contribution >= 0.6 is 34.5 Å². The van der Waals surface area contributed by atoms with E-state index in [1.54, 1.807) is 11.3 Å². The minimum absolute atomic E-state index is 0.0572. The molecule has 0 aliphatic heterocycles. The van der Waals surface area contributed by atoms with E-state index in [9.17, 15) is 0 Å². The molecule has 0 aliphatic carbocycles. The maximum atomic E-state index is 8.98. The monoisotopic (exact) mass is 246 g/mol. The normalized spacial score (nSPS) is 11.1. The highest BCUT2D eigenvalue weighted by Gasteiger charge is 2.09. The van der Waals surface area contributed by atoms with Gasteiger partial charge in [0.25, 0.3) is 0 Å². The van der Waals surface area contributed by atoms with Crippen LogP contribution in [0.4, 0.5) is 0 Å². The number of hydrogen-bond donors (Lipinski definition) is 1. The van der Waals surface area contributed by atoms with E-state index in [1.807, 2.05) is 18.2 Å². The zero-order valence-corrected chi connectivity index (χ0v) is 9.59. The van der Waals surface area contributed by atoms with Gasteiger partial charge in [-0.05, 0) is 11.6 Å². The fraction of sp³-hybridized carbons (Fsp3) is 0.200. The molecule has 1 N–H and O–H groups in total. The molecule has 74 valence electrons.